The average Bonchev–Trinajstić information content (AvgIpc) is 3.04. The average molecular weight is 470 g/mol. The molecule has 1 aromatic carbocycles. The minimum atomic E-state index is -1.30. The summed E-state index contributed by atoms with van der Waals surface area (Å²) in [5.41, 5.74) is 8.96. The lowest BCUT2D eigenvalue weighted by Gasteiger charge is -2.32. The van der Waals surface area contributed by atoms with Gasteiger partial charge in [0.1, 0.15) is 11.4 Å². The molecule has 0 amide bonds. The lowest BCUT2D eigenvalue weighted by atomic mass is 10.1. The van der Waals surface area contributed by atoms with E-state index in [-0.39, 0.29) is 6.04 Å². The van der Waals surface area contributed by atoms with Crippen LogP contribution < -0.4 is 10.1 Å². The molecular formula is C26H39N5OS. The van der Waals surface area contributed by atoms with Gasteiger partial charge < -0.3 is 14.5 Å². The zero-order chi connectivity index (χ0) is 24.0. The van der Waals surface area contributed by atoms with E-state index in [1.807, 2.05) is 50.2 Å². The Morgan fingerprint density at radius 3 is 2.42 bits per heavy atom. The van der Waals surface area contributed by atoms with Gasteiger partial charge in [-0.15, -0.1) is 0 Å². The number of hydrazine groups is 1. The van der Waals surface area contributed by atoms with Crippen LogP contribution in [0.4, 0.5) is 0 Å². The summed E-state index contributed by atoms with van der Waals surface area (Å²) >= 11 is -1.30. The molecule has 2 aliphatic rings. The molecule has 0 saturated carbocycles. The number of allylic oxidation sites excluding steroid dienone is 6. The molecule has 1 saturated heterocycles. The van der Waals surface area contributed by atoms with Crippen molar-refractivity contribution in [2.75, 3.05) is 46.8 Å². The first-order chi connectivity index (χ1) is 15.8. The molecule has 7 heteroatoms. The molecule has 180 valence electrons. The van der Waals surface area contributed by atoms with Gasteiger partial charge in [0, 0.05) is 39.8 Å². The Balaban J connectivity index is 1.58. The zero-order valence-corrected chi connectivity index (χ0v) is 21.7. The Morgan fingerprint density at radius 1 is 1.18 bits per heavy atom. The van der Waals surface area contributed by atoms with Gasteiger partial charge >= 0.3 is 0 Å². The van der Waals surface area contributed by atoms with Crippen LogP contribution in [0.3, 0.4) is 0 Å². The van der Waals surface area contributed by atoms with Crippen LogP contribution in [0.1, 0.15) is 33.3 Å². The topological polar surface area (TPSA) is 56.8 Å². The van der Waals surface area contributed by atoms with Gasteiger partial charge in [-0.1, -0.05) is 29.9 Å². The molecule has 2 unspecified atom stereocenters. The van der Waals surface area contributed by atoms with Gasteiger partial charge in [-0.05, 0) is 70.1 Å². The van der Waals surface area contributed by atoms with Crippen LogP contribution in [0, 0.1) is 0 Å². The third-order valence-corrected chi connectivity index (χ3v) is 7.46. The van der Waals surface area contributed by atoms with Crippen LogP contribution in [0.2, 0.25) is 0 Å². The molecule has 2 atom stereocenters. The Morgan fingerprint density at radius 2 is 1.85 bits per heavy atom. The highest BCUT2D eigenvalue weighted by molar-refractivity contribution is 7.89. The molecule has 0 radical (unpaired) electrons. The lowest BCUT2D eigenvalue weighted by Crippen LogP contribution is -2.44. The van der Waals surface area contributed by atoms with Gasteiger partial charge in [-0.2, -0.15) is 0 Å². The SMILES string of the molecule is C\C=C(/C=C\C=C(/C)CN1CCN(C)CC1)c1ccc([S+]([O-])NC2=C(C)N(C)NC2C)cc1. The quantitative estimate of drug-likeness (QED) is 0.449. The second-order valence-electron chi connectivity index (χ2n) is 9.00. The van der Waals surface area contributed by atoms with Gasteiger partial charge in [0.25, 0.3) is 0 Å². The van der Waals surface area contributed by atoms with E-state index in [4.69, 9.17) is 0 Å². The maximum Gasteiger partial charge on any atom is 0.179 e. The second kappa shape index (κ2) is 11.9. The minimum absolute atomic E-state index is 0.116. The van der Waals surface area contributed by atoms with E-state index in [0.29, 0.717) is 0 Å². The number of rotatable bonds is 8. The molecule has 1 fully saturated rings. The summed E-state index contributed by atoms with van der Waals surface area (Å²) in [7, 11) is 4.15. The Labute approximate surface area is 203 Å². The van der Waals surface area contributed by atoms with Gasteiger partial charge in [0.05, 0.1) is 17.4 Å². The van der Waals surface area contributed by atoms with Crippen LogP contribution >= 0.6 is 0 Å². The first kappa shape index (κ1) is 25.6. The monoisotopic (exact) mass is 469 g/mol. The maximum absolute atomic E-state index is 12.9. The second-order valence-corrected chi connectivity index (χ2v) is 10.2. The number of benzene rings is 1. The third-order valence-electron chi connectivity index (χ3n) is 6.35. The fraction of sp³-hybridized carbons (Fsp3) is 0.462. The summed E-state index contributed by atoms with van der Waals surface area (Å²) in [6, 6.07) is 8.08. The van der Waals surface area contributed by atoms with Crippen molar-refractivity contribution in [1.29, 1.82) is 0 Å². The van der Waals surface area contributed by atoms with Gasteiger partial charge in [0.15, 0.2) is 4.90 Å². The summed E-state index contributed by atoms with van der Waals surface area (Å²) in [5.74, 6) is 0. The van der Waals surface area contributed by atoms with Crippen LogP contribution in [-0.4, -0.2) is 72.2 Å². The van der Waals surface area contributed by atoms with Crippen LogP contribution in [-0.2, 0) is 11.4 Å². The Bertz CT molecular complexity index is 913. The Kier molecular flexibility index (Phi) is 9.23. The molecule has 3 rings (SSSR count). The predicted molar refractivity (Wildman–Crippen MR) is 140 cm³/mol. The third kappa shape index (κ3) is 6.98. The van der Waals surface area contributed by atoms with E-state index in [1.54, 1.807) is 0 Å². The standard InChI is InChI=1S/C26H39N5OS/c1-7-23(10-8-9-20(2)19-31-17-15-29(5)16-18-31)24-11-13-25(14-12-24)33(32)28-26-21(3)27-30(6)22(26)4/h7-14,21,27-28H,15-19H2,1-6H3/b10-8-,20-9+,23-7+. The van der Waals surface area contributed by atoms with Crippen molar-refractivity contribution in [3.8, 4) is 0 Å². The summed E-state index contributed by atoms with van der Waals surface area (Å²) < 4.78 is 16.0. The summed E-state index contributed by atoms with van der Waals surface area (Å²) in [6.45, 7) is 13.9. The van der Waals surface area contributed by atoms with Crippen molar-refractivity contribution in [2.24, 2.45) is 0 Å². The van der Waals surface area contributed by atoms with Crippen molar-refractivity contribution in [1.82, 2.24) is 25.0 Å². The number of hydrogen-bond donors (Lipinski definition) is 2. The van der Waals surface area contributed by atoms with Gasteiger partial charge in [-0.25, -0.2) is 10.1 Å². The zero-order valence-electron chi connectivity index (χ0n) is 20.9. The van der Waals surface area contributed by atoms with E-state index in [2.05, 4.69) is 65.1 Å². The molecular weight excluding hydrogens is 430 g/mol. The molecule has 33 heavy (non-hydrogen) atoms. The summed E-state index contributed by atoms with van der Waals surface area (Å²) in [4.78, 5) is 5.66. The number of piperazine rings is 1. The maximum atomic E-state index is 12.9. The summed E-state index contributed by atoms with van der Waals surface area (Å²) in [6.07, 6.45) is 8.60. The molecule has 2 aliphatic heterocycles. The highest BCUT2D eigenvalue weighted by atomic mass is 32.2. The van der Waals surface area contributed by atoms with E-state index in [0.717, 1.165) is 60.1 Å². The molecule has 1 aromatic rings. The fourth-order valence-electron chi connectivity index (χ4n) is 4.12. The molecule has 2 N–H and O–H groups in total. The fourth-order valence-corrected chi connectivity index (χ4v) is 5.15. The normalized spacial score (nSPS) is 22.5. The lowest BCUT2D eigenvalue weighted by molar-refractivity contribution is 0.164. The van der Waals surface area contributed by atoms with E-state index < -0.39 is 11.4 Å². The molecule has 0 aliphatic carbocycles. The Hall–Kier alpha value is -2.03. The van der Waals surface area contributed by atoms with E-state index in [9.17, 15) is 4.55 Å². The van der Waals surface area contributed by atoms with Gasteiger partial charge in [0.2, 0.25) is 0 Å². The molecule has 6 nitrogen and oxygen atoms in total. The van der Waals surface area contributed by atoms with Crippen molar-refractivity contribution in [2.45, 2.75) is 38.6 Å². The van der Waals surface area contributed by atoms with Crippen LogP contribution in [0.25, 0.3) is 5.57 Å². The highest BCUT2D eigenvalue weighted by Gasteiger charge is 2.27. The highest BCUT2D eigenvalue weighted by Crippen LogP contribution is 2.22. The van der Waals surface area contributed by atoms with Crippen molar-refractivity contribution < 1.29 is 4.55 Å². The smallest absolute Gasteiger partial charge is 0.179 e. The van der Waals surface area contributed by atoms with Crippen molar-refractivity contribution in [3.05, 3.63) is 71.1 Å². The number of hydrogen-bond acceptors (Lipinski definition) is 6. The summed E-state index contributed by atoms with van der Waals surface area (Å²) in [5, 5.41) is 1.96. The van der Waals surface area contributed by atoms with E-state index >= 15 is 0 Å². The number of likely N-dealkylation sites (N-methyl/N-ethyl adjacent to an activating group) is 1. The molecule has 2 heterocycles. The van der Waals surface area contributed by atoms with Crippen molar-refractivity contribution >= 4 is 16.9 Å². The van der Waals surface area contributed by atoms with Crippen LogP contribution in [0.5, 0.6) is 0 Å². The first-order valence-corrected chi connectivity index (χ1v) is 12.8. The number of nitrogens with one attached hydrogen (secondary N) is 2. The minimum Gasteiger partial charge on any atom is -0.588 e. The molecule has 0 spiro atoms. The van der Waals surface area contributed by atoms with E-state index in [1.165, 1.54) is 5.57 Å². The van der Waals surface area contributed by atoms with Crippen LogP contribution in [0.15, 0.2) is 70.4 Å². The first-order valence-electron chi connectivity index (χ1n) is 11.7. The largest absolute Gasteiger partial charge is 0.588 e. The van der Waals surface area contributed by atoms with Crippen molar-refractivity contribution in [3.63, 3.8) is 0 Å². The molecule has 0 aromatic heterocycles. The predicted octanol–water partition coefficient (Wildman–Crippen LogP) is 3.52. The molecule has 0 bridgehead atoms. The van der Waals surface area contributed by atoms with Gasteiger partial charge in [-0.3, -0.25) is 4.90 Å². The number of nitrogens with zero attached hydrogens (tertiary/aromatic N) is 3.